The Kier molecular flexibility index (Phi) is 50.8. The number of ether oxygens (including phenoxy) is 3. The highest BCUT2D eigenvalue weighted by atomic mass is 16.6. The summed E-state index contributed by atoms with van der Waals surface area (Å²) in [6.07, 6.45) is 60.3. The first kappa shape index (κ1) is 60.9. The van der Waals surface area contributed by atoms with Crippen LogP contribution in [0.25, 0.3) is 0 Å². The fourth-order valence-electron chi connectivity index (χ4n) is 8.26. The van der Waals surface area contributed by atoms with Gasteiger partial charge in [0, 0.05) is 19.3 Å². The average molecular weight is 887 g/mol. The second-order valence-electron chi connectivity index (χ2n) is 18.9. The van der Waals surface area contributed by atoms with Gasteiger partial charge >= 0.3 is 17.9 Å². The van der Waals surface area contributed by atoms with Gasteiger partial charge in [0.15, 0.2) is 6.10 Å². The molecule has 0 saturated heterocycles. The third-order valence-electron chi connectivity index (χ3n) is 12.5. The van der Waals surface area contributed by atoms with Crippen LogP contribution in [0.1, 0.15) is 303 Å². The topological polar surface area (TPSA) is 78.9 Å². The molecule has 6 nitrogen and oxygen atoms in total. The van der Waals surface area contributed by atoms with Crippen molar-refractivity contribution >= 4 is 17.9 Å². The van der Waals surface area contributed by atoms with Crippen LogP contribution >= 0.6 is 0 Å². The Morgan fingerprint density at radius 3 is 0.968 bits per heavy atom. The molecule has 0 radical (unpaired) electrons. The summed E-state index contributed by atoms with van der Waals surface area (Å²) in [6.45, 7) is 6.62. The number of hydrogen-bond donors (Lipinski definition) is 0. The molecular formula is C57H106O6. The second kappa shape index (κ2) is 52.5. The molecule has 0 aromatic heterocycles. The monoisotopic (exact) mass is 887 g/mol. The van der Waals surface area contributed by atoms with Crippen molar-refractivity contribution in [3.63, 3.8) is 0 Å². The largest absolute Gasteiger partial charge is 0.462 e. The van der Waals surface area contributed by atoms with E-state index in [1.807, 2.05) is 6.08 Å². The SMILES string of the molecule is CCCCCCCC/C=C/C/C=C/CCC(=O)OCC(COC(=O)CCCCCCCCCCCCCCCCCC)OC(=O)CCCCCCCCCCCCCCCCCC. The van der Waals surface area contributed by atoms with Gasteiger partial charge in [-0.15, -0.1) is 0 Å². The molecule has 0 N–H and O–H groups in total. The third-order valence-corrected chi connectivity index (χ3v) is 12.5. The Morgan fingerprint density at radius 1 is 0.317 bits per heavy atom. The first-order valence-corrected chi connectivity index (χ1v) is 27.8. The molecule has 0 bridgehead atoms. The molecule has 0 aliphatic carbocycles. The van der Waals surface area contributed by atoms with Crippen molar-refractivity contribution in [2.24, 2.45) is 0 Å². The molecule has 1 atom stereocenters. The van der Waals surface area contributed by atoms with Gasteiger partial charge < -0.3 is 14.2 Å². The summed E-state index contributed by atoms with van der Waals surface area (Å²) in [5, 5.41) is 0. The zero-order valence-electron chi connectivity index (χ0n) is 42.4. The Balaban J connectivity index is 4.37. The van der Waals surface area contributed by atoms with Crippen molar-refractivity contribution < 1.29 is 28.6 Å². The Labute approximate surface area is 392 Å². The second-order valence-corrected chi connectivity index (χ2v) is 18.9. The Hall–Kier alpha value is -2.11. The van der Waals surface area contributed by atoms with Crippen LogP contribution in [0.5, 0.6) is 0 Å². The highest BCUT2D eigenvalue weighted by Gasteiger charge is 2.19. The van der Waals surface area contributed by atoms with E-state index in [9.17, 15) is 14.4 Å². The minimum Gasteiger partial charge on any atom is -0.462 e. The van der Waals surface area contributed by atoms with Crippen LogP contribution < -0.4 is 0 Å². The lowest BCUT2D eigenvalue weighted by molar-refractivity contribution is -0.166. The zero-order chi connectivity index (χ0) is 45.8. The van der Waals surface area contributed by atoms with Gasteiger partial charge in [-0.05, 0) is 38.5 Å². The maximum Gasteiger partial charge on any atom is 0.306 e. The van der Waals surface area contributed by atoms with Crippen molar-refractivity contribution in [2.45, 2.75) is 309 Å². The normalized spacial score (nSPS) is 12.1. The molecule has 0 aliphatic heterocycles. The van der Waals surface area contributed by atoms with Crippen molar-refractivity contribution in [3.05, 3.63) is 24.3 Å². The Morgan fingerprint density at radius 2 is 0.603 bits per heavy atom. The van der Waals surface area contributed by atoms with E-state index < -0.39 is 6.10 Å². The number of carbonyl (C=O) groups is 3. The van der Waals surface area contributed by atoms with Gasteiger partial charge in [-0.25, -0.2) is 0 Å². The third kappa shape index (κ3) is 50.7. The smallest absolute Gasteiger partial charge is 0.306 e. The molecule has 0 heterocycles. The molecule has 1 unspecified atom stereocenters. The van der Waals surface area contributed by atoms with E-state index in [1.54, 1.807) is 0 Å². The van der Waals surface area contributed by atoms with E-state index in [-0.39, 0.29) is 37.5 Å². The summed E-state index contributed by atoms with van der Waals surface area (Å²) in [5.41, 5.74) is 0. The van der Waals surface area contributed by atoms with Crippen molar-refractivity contribution in [3.8, 4) is 0 Å². The van der Waals surface area contributed by atoms with Gasteiger partial charge in [-0.2, -0.15) is 0 Å². The van der Waals surface area contributed by atoms with Crippen molar-refractivity contribution in [2.75, 3.05) is 13.2 Å². The summed E-state index contributed by atoms with van der Waals surface area (Å²) in [7, 11) is 0. The number of hydrogen-bond acceptors (Lipinski definition) is 6. The standard InChI is InChI=1S/C57H106O6/c1-4-7-10-13-16-19-22-25-27-29-32-35-38-41-44-47-50-56(59)62-53-54(52-61-55(58)49-46-43-40-37-34-31-24-21-18-15-12-9-6-3)63-57(60)51-48-45-42-39-36-33-30-28-26-23-20-17-14-11-8-5-2/h31,34,40,43,54H,4-30,32-33,35-39,41-42,44-53H2,1-3H3/b34-31+,43-40+. The minimum atomic E-state index is -0.787. The van der Waals surface area contributed by atoms with Crippen LogP contribution in [0.15, 0.2) is 24.3 Å². The van der Waals surface area contributed by atoms with Crippen molar-refractivity contribution in [1.82, 2.24) is 0 Å². The lowest BCUT2D eigenvalue weighted by atomic mass is 10.0. The quantitative estimate of drug-likeness (QED) is 0.0262. The number of unbranched alkanes of at least 4 members (excludes halogenated alkanes) is 36. The molecule has 0 saturated carbocycles. The summed E-state index contributed by atoms with van der Waals surface area (Å²) >= 11 is 0. The van der Waals surface area contributed by atoms with Gasteiger partial charge in [0.2, 0.25) is 0 Å². The number of esters is 3. The molecule has 0 spiro atoms. The van der Waals surface area contributed by atoms with Crippen LogP contribution in [0.3, 0.4) is 0 Å². The summed E-state index contributed by atoms with van der Waals surface area (Å²) in [6, 6.07) is 0. The van der Waals surface area contributed by atoms with E-state index in [1.165, 1.54) is 205 Å². The molecule has 63 heavy (non-hydrogen) atoms. The van der Waals surface area contributed by atoms with E-state index in [0.29, 0.717) is 19.3 Å². The molecule has 0 rings (SSSR count). The molecule has 370 valence electrons. The molecule has 0 aromatic carbocycles. The molecule has 0 amide bonds. The highest BCUT2D eigenvalue weighted by Crippen LogP contribution is 2.17. The first-order chi connectivity index (χ1) is 31.0. The molecule has 0 aromatic rings. The van der Waals surface area contributed by atoms with Crippen LogP contribution in [-0.2, 0) is 28.6 Å². The van der Waals surface area contributed by atoms with Crippen LogP contribution in [0.2, 0.25) is 0 Å². The predicted octanol–water partition coefficient (Wildman–Crippen LogP) is 18.3. The lowest BCUT2D eigenvalue weighted by Gasteiger charge is -2.18. The molecule has 0 fully saturated rings. The summed E-state index contributed by atoms with van der Waals surface area (Å²) < 4.78 is 16.8. The van der Waals surface area contributed by atoms with Gasteiger partial charge in [0.25, 0.3) is 0 Å². The van der Waals surface area contributed by atoms with Crippen LogP contribution in [-0.4, -0.2) is 37.2 Å². The number of rotatable bonds is 51. The Bertz CT molecular complexity index is 1020. The van der Waals surface area contributed by atoms with Crippen LogP contribution in [0, 0.1) is 0 Å². The average Bonchev–Trinajstić information content (AvgIpc) is 3.28. The van der Waals surface area contributed by atoms with Crippen LogP contribution in [0.4, 0.5) is 0 Å². The van der Waals surface area contributed by atoms with Gasteiger partial charge in [0.05, 0.1) is 0 Å². The maximum absolute atomic E-state index is 12.8. The summed E-state index contributed by atoms with van der Waals surface area (Å²) in [4.78, 5) is 38.0. The van der Waals surface area contributed by atoms with E-state index in [4.69, 9.17) is 14.2 Å². The predicted molar refractivity (Wildman–Crippen MR) is 270 cm³/mol. The van der Waals surface area contributed by atoms with Gasteiger partial charge in [-0.3, -0.25) is 14.4 Å². The van der Waals surface area contributed by atoms with E-state index in [0.717, 1.165) is 51.4 Å². The minimum absolute atomic E-state index is 0.0827. The lowest BCUT2D eigenvalue weighted by Crippen LogP contribution is -2.30. The summed E-state index contributed by atoms with van der Waals surface area (Å²) in [5.74, 6) is -0.934. The zero-order valence-corrected chi connectivity index (χ0v) is 42.4. The number of allylic oxidation sites excluding steroid dienone is 4. The fourth-order valence-corrected chi connectivity index (χ4v) is 8.26. The molecular weight excluding hydrogens is 781 g/mol. The first-order valence-electron chi connectivity index (χ1n) is 27.8. The molecule has 0 aliphatic rings. The van der Waals surface area contributed by atoms with Gasteiger partial charge in [-0.1, -0.05) is 270 Å². The van der Waals surface area contributed by atoms with E-state index in [2.05, 4.69) is 39.0 Å². The number of carbonyl (C=O) groups excluding carboxylic acids is 3. The fraction of sp³-hybridized carbons (Fsp3) is 0.877. The van der Waals surface area contributed by atoms with E-state index >= 15 is 0 Å². The molecule has 6 heteroatoms. The van der Waals surface area contributed by atoms with Crippen molar-refractivity contribution in [1.29, 1.82) is 0 Å². The highest BCUT2D eigenvalue weighted by molar-refractivity contribution is 5.71. The van der Waals surface area contributed by atoms with Gasteiger partial charge in [0.1, 0.15) is 13.2 Å². The maximum atomic E-state index is 12.8.